The molecule has 2 aromatic rings. The Labute approximate surface area is 172 Å². The van der Waals surface area contributed by atoms with E-state index in [1.807, 2.05) is 26.0 Å². The van der Waals surface area contributed by atoms with Gasteiger partial charge >= 0.3 is 0 Å². The van der Waals surface area contributed by atoms with Crippen molar-refractivity contribution in [1.82, 2.24) is 5.32 Å². The minimum Gasteiger partial charge on any atom is -0.494 e. The van der Waals surface area contributed by atoms with Gasteiger partial charge in [0, 0.05) is 29.7 Å². The third-order valence-electron chi connectivity index (χ3n) is 4.88. The molecule has 2 aromatic carbocycles. The average Bonchev–Trinajstić information content (AvgIpc) is 3.05. The van der Waals surface area contributed by atoms with Crippen LogP contribution in [-0.2, 0) is 22.8 Å². The lowest BCUT2D eigenvalue weighted by Gasteiger charge is -2.14. The highest BCUT2D eigenvalue weighted by atomic mass is 32.2. The van der Waals surface area contributed by atoms with Crippen LogP contribution in [0.25, 0.3) is 0 Å². The zero-order valence-electron chi connectivity index (χ0n) is 17.2. The Morgan fingerprint density at radius 3 is 2.55 bits per heavy atom. The molecule has 3 rings (SSSR count). The molecule has 1 aliphatic heterocycles. The molecule has 29 heavy (non-hydrogen) atoms. The maximum Gasteiger partial charge on any atom is 0.251 e. The molecular weight excluding hydrogens is 390 g/mol. The SMILES string of the molecule is CCOc1cc2c(cc1CNC(=O)c1ccc(S(=O)(=O)C(C)C)cc1)O[C@@H](C)C2. The van der Waals surface area contributed by atoms with Gasteiger partial charge in [-0.25, -0.2) is 8.42 Å². The van der Waals surface area contributed by atoms with E-state index in [1.54, 1.807) is 13.8 Å². The lowest BCUT2D eigenvalue weighted by molar-refractivity contribution is 0.0950. The number of rotatable bonds is 7. The summed E-state index contributed by atoms with van der Waals surface area (Å²) >= 11 is 0. The van der Waals surface area contributed by atoms with Gasteiger partial charge in [-0.05, 0) is 64.1 Å². The normalized spacial score (nSPS) is 15.7. The van der Waals surface area contributed by atoms with Gasteiger partial charge in [-0.3, -0.25) is 4.79 Å². The maximum absolute atomic E-state index is 12.5. The van der Waals surface area contributed by atoms with E-state index in [0.717, 1.165) is 29.0 Å². The summed E-state index contributed by atoms with van der Waals surface area (Å²) in [6.07, 6.45) is 0.971. The zero-order chi connectivity index (χ0) is 21.2. The summed E-state index contributed by atoms with van der Waals surface area (Å²) in [6, 6.07) is 9.90. The Kier molecular flexibility index (Phi) is 6.17. The average molecular weight is 418 g/mol. The molecule has 1 N–H and O–H groups in total. The van der Waals surface area contributed by atoms with Crippen LogP contribution in [0.2, 0.25) is 0 Å². The second-order valence-corrected chi connectivity index (χ2v) is 9.94. The lowest BCUT2D eigenvalue weighted by Crippen LogP contribution is -2.23. The highest BCUT2D eigenvalue weighted by Crippen LogP contribution is 2.35. The number of carbonyl (C=O) groups is 1. The van der Waals surface area contributed by atoms with E-state index >= 15 is 0 Å². The molecule has 0 spiro atoms. The van der Waals surface area contributed by atoms with Crippen LogP contribution in [0.5, 0.6) is 11.5 Å². The molecule has 6 nitrogen and oxygen atoms in total. The molecule has 0 radical (unpaired) electrons. The highest BCUT2D eigenvalue weighted by Gasteiger charge is 2.22. The van der Waals surface area contributed by atoms with Crippen LogP contribution in [0.3, 0.4) is 0 Å². The van der Waals surface area contributed by atoms with Gasteiger partial charge in [0.2, 0.25) is 0 Å². The number of sulfone groups is 1. The number of amides is 1. The number of fused-ring (bicyclic) bond motifs is 1. The quantitative estimate of drug-likeness (QED) is 0.745. The molecule has 1 atom stereocenters. The van der Waals surface area contributed by atoms with Crippen LogP contribution in [0.1, 0.15) is 49.2 Å². The third kappa shape index (κ3) is 4.56. The van der Waals surface area contributed by atoms with Crippen molar-refractivity contribution in [2.45, 2.75) is 56.9 Å². The smallest absolute Gasteiger partial charge is 0.251 e. The van der Waals surface area contributed by atoms with Crippen molar-refractivity contribution in [3.8, 4) is 11.5 Å². The van der Waals surface area contributed by atoms with Crippen molar-refractivity contribution < 1.29 is 22.7 Å². The number of nitrogens with one attached hydrogen (secondary N) is 1. The second kappa shape index (κ2) is 8.45. The monoisotopic (exact) mass is 417 g/mol. The van der Waals surface area contributed by atoms with Crippen molar-refractivity contribution in [3.05, 3.63) is 53.1 Å². The molecule has 1 aliphatic rings. The number of hydrogen-bond donors (Lipinski definition) is 1. The Morgan fingerprint density at radius 1 is 1.24 bits per heavy atom. The number of ether oxygens (including phenoxy) is 2. The summed E-state index contributed by atoms with van der Waals surface area (Å²) in [6.45, 7) is 8.01. The first kappa shape index (κ1) is 21.2. The van der Waals surface area contributed by atoms with E-state index in [4.69, 9.17) is 9.47 Å². The van der Waals surface area contributed by atoms with E-state index in [1.165, 1.54) is 24.3 Å². The maximum atomic E-state index is 12.5. The summed E-state index contributed by atoms with van der Waals surface area (Å²) in [5.41, 5.74) is 2.35. The first-order valence-corrected chi connectivity index (χ1v) is 11.3. The van der Waals surface area contributed by atoms with Gasteiger partial charge in [0.1, 0.15) is 17.6 Å². The Balaban J connectivity index is 1.73. The van der Waals surface area contributed by atoms with Crippen molar-refractivity contribution in [3.63, 3.8) is 0 Å². The van der Waals surface area contributed by atoms with Gasteiger partial charge in [-0.2, -0.15) is 0 Å². The van der Waals surface area contributed by atoms with Crippen LogP contribution in [0.4, 0.5) is 0 Å². The largest absolute Gasteiger partial charge is 0.494 e. The zero-order valence-corrected chi connectivity index (χ0v) is 18.0. The molecule has 0 saturated carbocycles. The van der Waals surface area contributed by atoms with E-state index < -0.39 is 15.1 Å². The standard InChI is InChI=1S/C22H27NO5S/c1-5-27-20-11-17-10-15(4)28-21(17)12-18(20)13-23-22(24)16-6-8-19(9-7-16)29(25,26)14(2)3/h6-9,11-12,14-15H,5,10,13H2,1-4H3,(H,23,24)/t15-/m0/s1. The van der Waals surface area contributed by atoms with E-state index in [-0.39, 0.29) is 23.5 Å². The molecule has 0 aromatic heterocycles. The fourth-order valence-corrected chi connectivity index (χ4v) is 4.31. The lowest BCUT2D eigenvalue weighted by atomic mass is 10.1. The molecule has 0 bridgehead atoms. The van der Waals surface area contributed by atoms with Crippen LogP contribution in [-0.4, -0.2) is 32.3 Å². The first-order chi connectivity index (χ1) is 13.7. The molecular formula is C22H27NO5S. The summed E-state index contributed by atoms with van der Waals surface area (Å²) < 4.78 is 36.0. The van der Waals surface area contributed by atoms with Gasteiger partial charge < -0.3 is 14.8 Å². The second-order valence-electron chi connectivity index (χ2n) is 7.43. The van der Waals surface area contributed by atoms with Gasteiger partial charge in [0.15, 0.2) is 9.84 Å². The molecule has 156 valence electrons. The first-order valence-electron chi connectivity index (χ1n) is 9.79. The van der Waals surface area contributed by atoms with Crippen LogP contribution in [0, 0.1) is 0 Å². The van der Waals surface area contributed by atoms with E-state index in [0.29, 0.717) is 12.2 Å². The van der Waals surface area contributed by atoms with Crippen molar-refractivity contribution in [2.75, 3.05) is 6.61 Å². The molecule has 1 amide bonds. The molecule has 1 heterocycles. The van der Waals surface area contributed by atoms with Gasteiger partial charge in [-0.15, -0.1) is 0 Å². The molecule has 0 saturated heterocycles. The highest BCUT2D eigenvalue weighted by molar-refractivity contribution is 7.92. The summed E-state index contributed by atoms with van der Waals surface area (Å²) in [4.78, 5) is 12.8. The number of carbonyl (C=O) groups excluding carboxylic acids is 1. The van der Waals surface area contributed by atoms with Crippen LogP contribution in [0.15, 0.2) is 41.3 Å². The number of benzene rings is 2. The minimum absolute atomic E-state index is 0.130. The van der Waals surface area contributed by atoms with Gasteiger partial charge in [0.05, 0.1) is 16.8 Å². The Morgan fingerprint density at radius 2 is 1.93 bits per heavy atom. The van der Waals surface area contributed by atoms with Gasteiger partial charge in [-0.1, -0.05) is 0 Å². The molecule has 0 fully saturated rings. The summed E-state index contributed by atoms with van der Waals surface area (Å²) in [5, 5.41) is 2.36. The fraction of sp³-hybridized carbons (Fsp3) is 0.409. The predicted octanol–water partition coefficient (Wildman–Crippen LogP) is 3.52. The van der Waals surface area contributed by atoms with Crippen LogP contribution < -0.4 is 14.8 Å². The fourth-order valence-electron chi connectivity index (χ4n) is 3.26. The Bertz CT molecular complexity index is 997. The third-order valence-corrected chi connectivity index (χ3v) is 7.05. The predicted molar refractivity (Wildman–Crippen MR) is 111 cm³/mol. The Hall–Kier alpha value is -2.54. The minimum atomic E-state index is -3.36. The molecule has 0 unspecified atom stereocenters. The molecule has 0 aliphatic carbocycles. The summed E-state index contributed by atoms with van der Waals surface area (Å²) in [7, 11) is -3.36. The number of hydrogen-bond acceptors (Lipinski definition) is 5. The van der Waals surface area contributed by atoms with E-state index in [2.05, 4.69) is 5.32 Å². The van der Waals surface area contributed by atoms with Crippen molar-refractivity contribution >= 4 is 15.7 Å². The van der Waals surface area contributed by atoms with E-state index in [9.17, 15) is 13.2 Å². The van der Waals surface area contributed by atoms with Crippen molar-refractivity contribution in [1.29, 1.82) is 0 Å². The summed E-state index contributed by atoms with van der Waals surface area (Å²) in [5.74, 6) is 1.28. The topological polar surface area (TPSA) is 81.7 Å². The van der Waals surface area contributed by atoms with Crippen molar-refractivity contribution in [2.24, 2.45) is 0 Å². The molecule has 7 heteroatoms. The van der Waals surface area contributed by atoms with Gasteiger partial charge in [0.25, 0.3) is 5.91 Å². The van der Waals surface area contributed by atoms with Crippen LogP contribution >= 0.6 is 0 Å².